The fraction of sp³-hybridized carbons (Fsp3) is 0.667. The van der Waals surface area contributed by atoms with Gasteiger partial charge >= 0.3 is 0 Å². The Kier molecular flexibility index (Phi) is 10.7. The molecule has 1 rings (SSSR count). The van der Waals surface area contributed by atoms with Crippen LogP contribution in [0.4, 0.5) is 5.69 Å². The number of hydrogen-bond donors (Lipinski definition) is 0. The molecule has 0 saturated heterocycles. The Morgan fingerprint density at radius 1 is 1.00 bits per heavy atom. The van der Waals surface area contributed by atoms with Gasteiger partial charge in [-0.15, -0.1) is 0 Å². The van der Waals surface area contributed by atoms with E-state index in [0.717, 1.165) is 6.42 Å². The molecule has 0 heterocycles. The molecule has 0 N–H and O–H groups in total. The molecule has 0 unspecified atom stereocenters. The molecule has 0 saturated carbocycles. The molecule has 0 aliphatic rings. The first-order valence-electron chi connectivity index (χ1n) is 8.72. The average molecular weight is 386 g/mol. The number of hydrogen-bond acceptors (Lipinski definition) is 3. The summed E-state index contributed by atoms with van der Waals surface area (Å²) in [5.74, 6) is 0.673. The molecule has 0 radical (unpaired) electrons. The summed E-state index contributed by atoms with van der Waals surface area (Å²) in [6.07, 6.45) is 12.9. The lowest BCUT2D eigenvalue weighted by Crippen LogP contribution is -1.98. The van der Waals surface area contributed by atoms with E-state index in [1.54, 1.807) is 6.07 Å². The van der Waals surface area contributed by atoms with Crippen LogP contribution in [0.3, 0.4) is 0 Å². The predicted molar refractivity (Wildman–Crippen MR) is 98.1 cm³/mol. The molecule has 0 fully saturated rings. The highest BCUT2D eigenvalue weighted by Gasteiger charge is 2.09. The van der Waals surface area contributed by atoms with E-state index < -0.39 is 4.92 Å². The van der Waals surface area contributed by atoms with Crippen LogP contribution in [0, 0.1) is 10.1 Å². The van der Waals surface area contributed by atoms with Crippen molar-refractivity contribution in [3.05, 3.63) is 32.8 Å². The van der Waals surface area contributed by atoms with Crippen LogP contribution in [0.2, 0.25) is 0 Å². The minimum Gasteiger partial charge on any atom is -0.492 e. The van der Waals surface area contributed by atoms with Crippen LogP contribution in [-0.4, -0.2) is 11.5 Å². The first-order chi connectivity index (χ1) is 11.1. The highest BCUT2D eigenvalue weighted by atomic mass is 79.9. The highest BCUT2D eigenvalue weighted by molar-refractivity contribution is 9.10. The van der Waals surface area contributed by atoms with Gasteiger partial charge in [-0.1, -0.05) is 64.7 Å². The van der Waals surface area contributed by atoms with Gasteiger partial charge in [-0.2, -0.15) is 0 Å². The molecule has 5 heteroatoms. The van der Waals surface area contributed by atoms with E-state index in [0.29, 0.717) is 16.8 Å². The topological polar surface area (TPSA) is 52.4 Å². The molecule has 130 valence electrons. The fourth-order valence-electron chi connectivity index (χ4n) is 2.49. The van der Waals surface area contributed by atoms with Crippen molar-refractivity contribution >= 4 is 21.6 Å². The van der Waals surface area contributed by atoms with Crippen LogP contribution in [0.15, 0.2) is 22.7 Å². The number of nitro benzene ring substituents is 1. The minimum absolute atomic E-state index is 0.0724. The Bertz CT molecular complexity index is 466. The summed E-state index contributed by atoms with van der Waals surface area (Å²) in [6.45, 7) is 2.91. The van der Waals surface area contributed by atoms with Gasteiger partial charge in [-0.05, 0) is 28.4 Å². The van der Waals surface area contributed by atoms with Crippen LogP contribution in [0.25, 0.3) is 0 Å². The van der Waals surface area contributed by atoms with E-state index in [1.807, 2.05) is 0 Å². The summed E-state index contributed by atoms with van der Waals surface area (Å²) >= 11 is 3.32. The third-order valence-electron chi connectivity index (χ3n) is 3.88. The van der Waals surface area contributed by atoms with Crippen LogP contribution in [0.5, 0.6) is 5.75 Å². The zero-order valence-electron chi connectivity index (χ0n) is 14.1. The predicted octanol–water partition coefficient (Wildman–Crippen LogP) is 6.66. The summed E-state index contributed by atoms with van der Waals surface area (Å²) in [5.41, 5.74) is 0.0724. The Balaban J connectivity index is 2.04. The number of non-ortho nitro benzene ring substituents is 1. The highest BCUT2D eigenvalue weighted by Crippen LogP contribution is 2.29. The number of nitrogens with zero attached hydrogens (tertiary/aromatic N) is 1. The van der Waals surface area contributed by atoms with E-state index in [9.17, 15) is 10.1 Å². The van der Waals surface area contributed by atoms with Crippen molar-refractivity contribution < 1.29 is 9.66 Å². The van der Waals surface area contributed by atoms with Gasteiger partial charge in [-0.25, -0.2) is 0 Å². The van der Waals surface area contributed by atoms with Crippen molar-refractivity contribution in [1.29, 1.82) is 0 Å². The first-order valence-corrected chi connectivity index (χ1v) is 9.51. The van der Waals surface area contributed by atoms with E-state index in [4.69, 9.17) is 4.74 Å². The van der Waals surface area contributed by atoms with Crippen molar-refractivity contribution in [3.8, 4) is 5.75 Å². The molecule has 23 heavy (non-hydrogen) atoms. The largest absolute Gasteiger partial charge is 0.492 e. The monoisotopic (exact) mass is 385 g/mol. The van der Waals surface area contributed by atoms with Gasteiger partial charge in [0.25, 0.3) is 5.69 Å². The van der Waals surface area contributed by atoms with Crippen molar-refractivity contribution in [2.24, 2.45) is 0 Å². The summed E-state index contributed by atoms with van der Waals surface area (Å²) < 4.78 is 6.31. The Labute approximate surface area is 147 Å². The molecule has 0 aliphatic heterocycles. The maximum Gasteiger partial charge on any atom is 0.270 e. The second kappa shape index (κ2) is 12.3. The van der Waals surface area contributed by atoms with Gasteiger partial charge in [0.1, 0.15) is 5.75 Å². The lowest BCUT2D eigenvalue weighted by atomic mass is 10.1. The zero-order chi connectivity index (χ0) is 16.9. The van der Waals surface area contributed by atoms with Crippen molar-refractivity contribution in [1.82, 2.24) is 0 Å². The number of unbranched alkanes of at least 4 members (excludes halogenated alkanes) is 9. The molecule has 1 aromatic carbocycles. The van der Waals surface area contributed by atoms with Gasteiger partial charge < -0.3 is 4.74 Å². The molecular weight excluding hydrogens is 358 g/mol. The number of halogens is 1. The van der Waals surface area contributed by atoms with Crippen LogP contribution in [-0.2, 0) is 0 Å². The lowest BCUT2D eigenvalue weighted by Gasteiger charge is -2.08. The van der Waals surface area contributed by atoms with Crippen LogP contribution >= 0.6 is 15.9 Å². The van der Waals surface area contributed by atoms with Crippen molar-refractivity contribution in [2.75, 3.05) is 6.61 Å². The second-order valence-corrected chi connectivity index (χ2v) is 6.76. The normalized spacial score (nSPS) is 10.7. The summed E-state index contributed by atoms with van der Waals surface area (Å²) in [7, 11) is 0. The lowest BCUT2D eigenvalue weighted by molar-refractivity contribution is -0.385. The Morgan fingerprint density at radius 3 is 2.09 bits per heavy atom. The van der Waals surface area contributed by atoms with Gasteiger partial charge in [-0.3, -0.25) is 10.1 Å². The SMILES string of the molecule is CCCCCCCCCCCCOc1ccc([N+](=O)[O-])cc1Br. The molecule has 0 aromatic heterocycles. The zero-order valence-corrected chi connectivity index (χ0v) is 15.6. The smallest absolute Gasteiger partial charge is 0.270 e. The summed E-state index contributed by atoms with van der Waals surface area (Å²) in [5, 5.41) is 10.7. The van der Waals surface area contributed by atoms with Gasteiger partial charge in [0.15, 0.2) is 0 Å². The number of rotatable bonds is 13. The third kappa shape index (κ3) is 8.94. The third-order valence-corrected chi connectivity index (χ3v) is 4.50. The average Bonchev–Trinajstić information content (AvgIpc) is 2.53. The Morgan fingerprint density at radius 2 is 1.57 bits per heavy atom. The van der Waals surface area contributed by atoms with E-state index in [2.05, 4.69) is 22.9 Å². The standard InChI is InChI=1S/C18H28BrNO3/c1-2-3-4-5-6-7-8-9-10-11-14-23-18-13-12-16(20(21)22)15-17(18)19/h12-13,15H,2-11,14H2,1H3. The maximum atomic E-state index is 10.7. The quantitative estimate of drug-likeness (QED) is 0.216. The molecule has 0 amide bonds. The second-order valence-electron chi connectivity index (χ2n) is 5.90. The summed E-state index contributed by atoms with van der Waals surface area (Å²) in [4.78, 5) is 10.3. The molecule has 4 nitrogen and oxygen atoms in total. The fourth-order valence-corrected chi connectivity index (χ4v) is 2.97. The van der Waals surface area contributed by atoms with Crippen molar-refractivity contribution in [2.45, 2.75) is 71.1 Å². The van der Waals surface area contributed by atoms with Crippen LogP contribution in [0.1, 0.15) is 71.1 Å². The van der Waals surface area contributed by atoms with E-state index >= 15 is 0 Å². The summed E-state index contributed by atoms with van der Waals surface area (Å²) in [6, 6.07) is 4.60. The van der Waals surface area contributed by atoms with Gasteiger partial charge in [0.2, 0.25) is 0 Å². The molecule has 0 bridgehead atoms. The van der Waals surface area contributed by atoms with E-state index in [-0.39, 0.29) is 5.69 Å². The molecule has 1 aromatic rings. The van der Waals surface area contributed by atoms with Crippen LogP contribution < -0.4 is 4.74 Å². The molecule has 0 atom stereocenters. The Hall–Kier alpha value is -1.10. The number of benzene rings is 1. The maximum absolute atomic E-state index is 10.7. The number of nitro groups is 1. The molecule has 0 aliphatic carbocycles. The minimum atomic E-state index is -0.406. The first kappa shape index (κ1) is 19.9. The molecular formula is C18H28BrNO3. The van der Waals surface area contributed by atoms with Gasteiger partial charge in [0, 0.05) is 12.1 Å². The molecule has 0 spiro atoms. The van der Waals surface area contributed by atoms with Crippen molar-refractivity contribution in [3.63, 3.8) is 0 Å². The van der Waals surface area contributed by atoms with Gasteiger partial charge in [0.05, 0.1) is 16.0 Å². The number of ether oxygens (including phenoxy) is 1. The van der Waals surface area contributed by atoms with E-state index in [1.165, 1.54) is 69.9 Å².